The number of carbonyl (C=O) groups is 1. The van der Waals surface area contributed by atoms with Crippen LogP contribution in [0.4, 0.5) is 10.5 Å². The molecule has 1 aromatic heterocycles. The summed E-state index contributed by atoms with van der Waals surface area (Å²) in [7, 11) is 1.79. The van der Waals surface area contributed by atoms with E-state index in [1.807, 2.05) is 24.4 Å². The molecule has 0 aliphatic carbocycles. The molecule has 2 aromatic rings. The van der Waals surface area contributed by atoms with Gasteiger partial charge in [-0.2, -0.15) is 0 Å². The van der Waals surface area contributed by atoms with Crippen LogP contribution in [0.25, 0.3) is 0 Å². The fraction of sp³-hybridized carbons (Fsp3) is 0.214. The predicted molar refractivity (Wildman–Crippen MR) is 81.0 cm³/mol. The molecule has 1 atom stereocenters. The van der Waals surface area contributed by atoms with Crippen LogP contribution in [0, 0.1) is 0 Å². The summed E-state index contributed by atoms with van der Waals surface area (Å²) in [5.41, 5.74) is 0.736. The first-order chi connectivity index (χ1) is 9.08. The van der Waals surface area contributed by atoms with Crippen LogP contribution in [0.2, 0.25) is 5.02 Å². The zero-order valence-electron chi connectivity index (χ0n) is 10.8. The molecule has 0 aliphatic rings. The lowest BCUT2D eigenvalue weighted by atomic mass is 10.2. The minimum atomic E-state index is -0.136. The Labute approximate surface area is 121 Å². The van der Waals surface area contributed by atoms with Crippen molar-refractivity contribution < 1.29 is 4.79 Å². The molecule has 0 radical (unpaired) electrons. The molecule has 0 spiro atoms. The number of thiophene rings is 1. The number of urea groups is 1. The SMILES string of the molecule is CC(c1cccs1)N(C)C(=O)Nc1ccc(Cl)cc1. The van der Waals surface area contributed by atoms with E-state index in [0.29, 0.717) is 5.02 Å². The standard InChI is InChI=1S/C14H15ClN2OS/c1-10(13-4-3-9-19-13)17(2)14(18)16-12-7-5-11(15)6-8-12/h3-10H,1-2H3,(H,16,18). The number of hydrogen-bond donors (Lipinski definition) is 1. The zero-order valence-corrected chi connectivity index (χ0v) is 12.3. The fourth-order valence-electron chi connectivity index (χ4n) is 1.64. The van der Waals surface area contributed by atoms with Crippen molar-refractivity contribution in [3.05, 3.63) is 51.7 Å². The summed E-state index contributed by atoms with van der Waals surface area (Å²) in [6.07, 6.45) is 0. The van der Waals surface area contributed by atoms with E-state index < -0.39 is 0 Å². The van der Waals surface area contributed by atoms with Crippen molar-refractivity contribution in [2.75, 3.05) is 12.4 Å². The molecular formula is C14H15ClN2OS. The maximum atomic E-state index is 12.1. The average Bonchev–Trinajstić information content (AvgIpc) is 2.93. The first-order valence-corrected chi connectivity index (χ1v) is 7.16. The Morgan fingerprint density at radius 3 is 2.58 bits per heavy atom. The van der Waals surface area contributed by atoms with E-state index in [9.17, 15) is 4.79 Å². The van der Waals surface area contributed by atoms with Crippen LogP contribution in [0.3, 0.4) is 0 Å². The van der Waals surface area contributed by atoms with Gasteiger partial charge in [-0.15, -0.1) is 11.3 Å². The number of hydrogen-bond acceptors (Lipinski definition) is 2. The lowest BCUT2D eigenvalue weighted by Crippen LogP contribution is -2.33. The minimum absolute atomic E-state index is 0.0484. The van der Waals surface area contributed by atoms with Crippen molar-refractivity contribution in [2.45, 2.75) is 13.0 Å². The highest BCUT2D eigenvalue weighted by Crippen LogP contribution is 2.24. The van der Waals surface area contributed by atoms with Gasteiger partial charge in [-0.05, 0) is 42.6 Å². The highest BCUT2D eigenvalue weighted by atomic mass is 35.5. The summed E-state index contributed by atoms with van der Waals surface area (Å²) in [5, 5.41) is 5.51. The summed E-state index contributed by atoms with van der Waals surface area (Å²) in [6, 6.07) is 11.0. The van der Waals surface area contributed by atoms with E-state index in [-0.39, 0.29) is 12.1 Å². The van der Waals surface area contributed by atoms with E-state index in [2.05, 4.69) is 5.32 Å². The first-order valence-electron chi connectivity index (χ1n) is 5.90. The van der Waals surface area contributed by atoms with Crippen molar-refractivity contribution in [3.8, 4) is 0 Å². The largest absolute Gasteiger partial charge is 0.322 e. The molecule has 0 saturated heterocycles. The highest BCUT2D eigenvalue weighted by Gasteiger charge is 2.17. The summed E-state index contributed by atoms with van der Waals surface area (Å²) in [5.74, 6) is 0. The average molecular weight is 295 g/mol. The molecule has 1 aromatic carbocycles. The van der Waals surface area contributed by atoms with Crippen molar-refractivity contribution >= 4 is 34.7 Å². The molecule has 0 fully saturated rings. The van der Waals surface area contributed by atoms with Crippen LogP contribution in [0.5, 0.6) is 0 Å². The topological polar surface area (TPSA) is 32.3 Å². The third kappa shape index (κ3) is 3.49. The Hall–Kier alpha value is -1.52. The fourth-order valence-corrected chi connectivity index (χ4v) is 2.59. The van der Waals surface area contributed by atoms with Crippen molar-refractivity contribution in [2.24, 2.45) is 0 Å². The maximum absolute atomic E-state index is 12.1. The molecule has 2 rings (SSSR count). The summed E-state index contributed by atoms with van der Waals surface area (Å²) < 4.78 is 0. The van der Waals surface area contributed by atoms with Gasteiger partial charge in [0.2, 0.25) is 0 Å². The van der Waals surface area contributed by atoms with Crippen molar-refractivity contribution in [3.63, 3.8) is 0 Å². The molecule has 5 heteroatoms. The van der Waals surface area contributed by atoms with E-state index in [0.717, 1.165) is 10.6 Å². The van der Waals surface area contributed by atoms with Gasteiger partial charge >= 0.3 is 6.03 Å². The maximum Gasteiger partial charge on any atom is 0.322 e. The van der Waals surface area contributed by atoms with Gasteiger partial charge in [-0.25, -0.2) is 4.79 Å². The van der Waals surface area contributed by atoms with Gasteiger partial charge in [0.15, 0.2) is 0 Å². The second-order valence-corrected chi connectivity index (χ2v) is 5.66. The number of nitrogens with one attached hydrogen (secondary N) is 1. The van der Waals surface area contributed by atoms with Crippen molar-refractivity contribution in [1.29, 1.82) is 0 Å². The molecule has 100 valence electrons. The second-order valence-electron chi connectivity index (χ2n) is 4.24. The minimum Gasteiger partial charge on any atom is -0.320 e. The quantitative estimate of drug-likeness (QED) is 0.879. The summed E-state index contributed by atoms with van der Waals surface area (Å²) in [6.45, 7) is 2.01. The molecule has 3 nitrogen and oxygen atoms in total. The van der Waals surface area contributed by atoms with E-state index in [4.69, 9.17) is 11.6 Å². The number of halogens is 1. The van der Waals surface area contributed by atoms with Crippen LogP contribution in [-0.4, -0.2) is 18.0 Å². The second kappa shape index (κ2) is 6.08. The van der Waals surface area contributed by atoms with Gasteiger partial charge in [0.1, 0.15) is 0 Å². The molecule has 0 bridgehead atoms. The van der Waals surface area contributed by atoms with Gasteiger partial charge in [0, 0.05) is 22.6 Å². The van der Waals surface area contributed by atoms with E-state index in [1.165, 1.54) is 0 Å². The lowest BCUT2D eigenvalue weighted by Gasteiger charge is -2.24. The molecule has 19 heavy (non-hydrogen) atoms. The monoisotopic (exact) mass is 294 g/mol. The molecule has 1 heterocycles. The summed E-state index contributed by atoms with van der Waals surface area (Å²) >= 11 is 7.45. The third-order valence-electron chi connectivity index (χ3n) is 2.95. The normalized spacial score (nSPS) is 11.9. The van der Waals surface area contributed by atoms with Crippen LogP contribution >= 0.6 is 22.9 Å². The Morgan fingerprint density at radius 1 is 1.32 bits per heavy atom. The van der Waals surface area contributed by atoms with Gasteiger partial charge < -0.3 is 10.2 Å². The van der Waals surface area contributed by atoms with E-state index >= 15 is 0 Å². The first kappa shape index (κ1) is 13.9. The number of anilines is 1. The van der Waals surface area contributed by atoms with Gasteiger partial charge in [0.25, 0.3) is 0 Å². The van der Waals surface area contributed by atoms with Crippen LogP contribution in [-0.2, 0) is 0 Å². The lowest BCUT2D eigenvalue weighted by molar-refractivity contribution is 0.209. The molecule has 1 unspecified atom stereocenters. The molecule has 0 aliphatic heterocycles. The van der Waals surface area contributed by atoms with Gasteiger partial charge in [-0.1, -0.05) is 17.7 Å². The number of rotatable bonds is 3. The smallest absolute Gasteiger partial charge is 0.320 e. The Bertz CT molecular complexity index is 539. The van der Waals surface area contributed by atoms with Gasteiger partial charge in [-0.3, -0.25) is 0 Å². The highest BCUT2D eigenvalue weighted by molar-refractivity contribution is 7.10. The van der Waals surface area contributed by atoms with Gasteiger partial charge in [0.05, 0.1) is 6.04 Å². The molecule has 0 saturated carbocycles. The number of nitrogens with zero attached hydrogens (tertiary/aromatic N) is 1. The van der Waals surface area contributed by atoms with Crippen LogP contribution in [0.1, 0.15) is 17.8 Å². The number of carbonyl (C=O) groups excluding carboxylic acids is 1. The third-order valence-corrected chi connectivity index (χ3v) is 4.25. The number of amides is 2. The molecule has 2 amide bonds. The predicted octanol–water partition coefficient (Wildman–Crippen LogP) is 4.63. The zero-order chi connectivity index (χ0) is 13.8. The Morgan fingerprint density at radius 2 is 2.00 bits per heavy atom. The number of benzene rings is 1. The van der Waals surface area contributed by atoms with Crippen LogP contribution < -0.4 is 5.32 Å². The van der Waals surface area contributed by atoms with Crippen LogP contribution in [0.15, 0.2) is 41.8 Å². The Balaban J connectivity index is 2.01. The van der Waals surface area contributed by atoms with Crippen molar-refractivity contribution in [1.82, 2.24) is 4.90 Å². The van der Waals surface area contributed by atoms with E-state index in [1.54, 1.807) is 47.5 Å². The summed E-state index contributed by atoms with van der Waals surface area (Å²) in [4.78, 5) is 15.0. The molecule has 1 N–H and O–H groups in total. The Kier molecular flexibility index (Phi) is 4.45. The molecular weight excluding hydrogens is 280 g/mol.